The lowest BCUT2D eigenvalue weighted by Crippen LogP contribution is -2.51. The normalized spacial score (nSPS) is 15.7. The molecule has 1 amide bonds. The van der Waals surface area contributed by atoms with Crippen molar-refractivity contribution in [3.05, 3.63) is 126 Å². The molecule has 4 N–H and O–H groups in total. The second-order valence-corrected chi connectivity index (χ2v) is 19.2. The monoisotopic (exact) mass is 816 g/mol. The van der Waals surface area contributed by atoms with Crippen LogP contribution in [0.15, 0.2) is 104 Å². The molecule has 1 aliphatic heterocycles. The molecular weight excluding hydrogens is 743 g/mol. The van der Waals surface area contributed by atoms with Crippen LogP contribution in [0.3, 0.4) is 0 Å². The molecule has 10 nitrogen and oxygen atoms in total. The molecule has 0 radical (unpaired) electrons. The molecule has 2 aromatic carbocycles. The Labute approximate surface area is 362 Å². The smallest absolute Gasteiger partial charge is 0.234 e. The summed E-state index contributed by atoms with van der Waals surface area (Å²) in [5, 5.41) is 13.7. The van der Waals surface area contributed by atoms with Crippen LogP contribution in [-0.2, 0) is 11.3 Å². The lowest BCUT2D eigenvalue weighted by atomic mass is 10.1. The zero-order valence-electron chi connectivity index (χ0n) is 38.2. The molecule has 2 heterocycles. The van der Waals surface area contributed by atoms with E-state index >= 15 is 0 Å². The first-order valence-corrected chi connectivity index (χ1v) is 21.4. The SMILES string of the molecule is C=C(CN1CCN(CC(=C)NC(C)(C)C)CCN(Cc2cc(C#Cc3ccc(NC(=C)c4ccccc4)cc3)ccn2)CCN(CC(=O)NC(C)(C)C)CC1)NC(C)(C)C. The van der Waals surface area contributed by atoms with Crippen molar-refractivity contribution in [2.45, 2.75) is 85.5 Å². The van der Waals surface area contributed by atoms with E-state index in [9.17, 15) is 4.79 Å². The van der Waals surface area contributed by atoms with Crippen LogP contribution >= 0.6 is 0 Å². The first-order valence-electron chi connectivity index (χ1n) is 21.4. The van der Waals surface area contributed by atoms with Gasteiger partial charge in [0.1, 0.15) is 0 Å². The first-order chi connectivity index (χ1) is 28.2. The summed E-state index contributed by atoms with van der Waals surface area (Å²) >= 11 is 0. The number of nitrogens with one attached hydrogen (secondary N) is 4. The van der Waals surface area contributed by atoms with Crippen molar-refractivity contribution >= 4 is 17.3 Å². The van der Waals surface area contributed by atoms with Crippen molar-refractivity contribution in [3.63, 3.8) is 0 Å². The zero-order chi connectivity index (χ0) is 43.9. The molecule has 3 aromatic rings. The average molecular weight is 816 g/mol. The van der Waals surface area contributed by atoms with Crippen LogP contribution in [0.1, 0.15) is 84.7 Å². The maximum atomic E-state index is 13.3. The van der Waals surface area contributed by atoms with E-state index in [2.05, 4.69) is 120 Å². The van der Waals surface area contributed by atoms with Crippen molar-refractivity contribution in [2.75, 3.05) is 77.3 Å². The van der Waals surface area contributed by atoms with Crippen molar-refractivity contribution in [2.24, 2.45) is 0 Å². The van der Waals surface area contributed by atoms with E-state index in [1.807, 2.05) is 87.6 Å². The highest BCUT2D eigenvalue weighted by atomic mass is 16.2. The third kappa shape index (κ3) is 19.0. The molecule has 0 aliphatic carbocycles. The number of benzene rings is 2. The summed E-state index contributed by atoms with van der Waals surface area (Å²) in [6, 6.07) is 22.3. The molecule has 1 aromatic heterocycles. The fourth-order valence-corrected chi connectivity index (χ4v) is 7.09. The Balaban J connectivity index is 1.52. The molecule has 0 bridgehead atoms. The lowest BCUT2D eigenvalue weighted by molar-refractivity contribution is -0.123. The summed E-state index contributed by atoms with van der Waals surface area (Å²) in [6.45, 7) is 41.1. The van der Waals surface area contributed by atoms with Crippen LogP contribution in [0.25, 0.3) is 5.70 Å². The van der Waals surface area contributed by atoms with Gasteiger partial charge in [-0.1, -0.05) is 61.9 Å². The van der Waals surface area contributed by atoms with Crippen molar-refractivity contribution in [3.8, 4) is 11.8 Å². The summed E-state index contributed by atoms with van der Waals surface area (Å²) in [6.07, 6.45) is 1.85. The van der Waals surface area contributed by atoms with Crippen molar-refractivity contribution in [1.82, 2.24) is 40.5 Å². The highest BCUT2D eigenvalue weighted by molar-refractivity contribution is 5.78. The van der Waals surface area contributed by atoms with E-state index < -0.39 is 0 Å². The number of hydrogen-bond acceptors (Lipinski definition) is 9. The Hall–Kier alpha value is -4.92. The standard InChI is InChI=1S/C50H73N9O/c1-39(53-48(4,5)6)35-56-26-27-57(36-40(2)54-49(7,8)9)29-32-59(38-47(60)55-50(10,11)12)33-31-58(30-28-56)37-46-34-43(24-25-51-46)19-18-42-20-22-45(23-21-42)52-41(3)44-16-14-13-15-17-44/h13-17,20-25,34,52-54H,1-3,26-33,35-38H2,4-12H3,(H,55,60). The predicted octanol–water partition coefficient (Wildman–Crippen LogP) is 7.00. The van der Waals surface area contributed by atoms with Crippen molar-refractivity contribution in [1.29, 1.82) is 0 Å². The number of amides is 1. The van der Waals surface area contributed by atoms with Crippen molar-refractivity contribution < 1.29 is 4.79 Å². The Morgan fingerprint density at radius 2 is 1.07 bits per heavy atom. The molecule has 10 heteroatoms. The minimum atomic E-state index is -0.300. The van der Waals surface area contributed by atoms with E-state index in [0.717, 1.165) is 111 Å². The minimum Gasteiger partial charge on any atom is -0.383 e. The Bertz CT molecular complexity index is 1880. The van der Waals surface area contributed by atoms with Gasteiger partial charge in [0, 0.05) is 129 Å². The summed E-state index contributed by atoms with van der Waals surface area (Å²) in [7, 11) is 0. The van der Waals surface area contributed by atoms with Gasteiger partial charge in [-0.3, -0.25) is 29.4 Å². The van der Waals surface area contributed by atoms with Crippen LogP contribution in [0.4, 0.5) is 5.69 Å². The van der Waals surface area contributed by atoms with E-state index in [0.29, 0.717) is 13.1 Å². The predicted molar refractivity (Wildman–Crippen MR) is 252 cm³/mol. The molecule has 0 spiro atoms. The van der Waals surface area contributed by atoms with Gasteiger partial charge in [0.15, 0.2) is 0 Å². The van der Waals surface area contributed by atoms with Gasteiger partial charge in [0.05, 0.1) is 12.2 Å². The number of pyridine rings is 1. The summed E-state index contributed by atoms with van der Waals surface area (Å²) < 4.78 is 0. The van der Waals surface area contributed by atoms with E-state index in [1.165, 1.54) is 0 Å². The van der Waals surface area contributed by atoms with E-state index in [-0.39, 0.29) is 22.5 Å². The van der Waals surface area contributed by atoms with Gasteiger partial charge in [-0.2, -0.15) is 0 Å². The number of anilines is 1. The third-order valence-corrected chi connectivity index (χ3v) is 9.60. The average Bonchev–Trinajstić information content (AvgIpc) is 3.13. The molecule has 0 atom stereocenters. The molecule has 1 saturated heterocycles. The highest BCUT2D eigenvalue weighted by Crippen LogP contribution is 2.18. The van der Waals surface area contributed by atoms with Crippen LogP contribution in [-0.4, -0.2) is 119 Å². The van der Waals surface area contributed by atoms with Gasteiger partial charge in [-0.25, -0.2) is 0 Å². The first kappa shape index (κ1) is 47.8. The second-order valence-electron chi connectivity index (χ2n) is 19.2. The molecule has 0 saturated carbocycles. The van der Waals surface area contributed by atoms with Crippen LogP contribution in [0, 0.1) is 11.8 Å². The number of rotatable bonds is 13. The third-order valence-electron chi connectivity index (χ3n) is 9.60. The molecule has 60 heavy (non-hydrogen) atoms. The summed E-state index contributed by atoms with van der Waals surface area (Å²) in [5.74, 6) is 6.74. The van der Waals surface area contributed by atoms with E-state index in [1.54, 1.807) is 0 Å². The molecule has 1 fully saturated rings. The van der Waals surface area contributed by atoms with Crippen LogP contribution in [0.2, 0.25) is 0 Å². The number of carbonyl (C=O) groups excluding carboxylic acids is 1. The Morgan fingerprint density at radius 1 is 0.600 bits per heavy atom. The highest BCUT2D eigenvalue weighted by Gasteiger charge is 2.22. The Morgan fingerprint density at radius 3 is 1.57 bits per heavy atom. The lowest BCUT2D eigenvalue weighted by Gasteiger charge is -2.36. The fourth-order valence-electron chi connectivity index (χ4n) is 7.09. The minimum absolute atomic E-state index is 0.0408. The van der Waals surface area contributed by atoms with Gasteiger partial charge in [0.2, 0.25) is 5.91 Å². The largest absolute Gasteiger partial charge is 0.383 e. The number of nitrogens with zero attached hydrogens (tertiary/aromatic N) is 5. The molecular formula is C50H73N9O. The second kappa shape index (κ2) is 22.1. The zero-order valence-corrected chi connectivity index (χ0v) is 38.2. The van der Waals surface area contributed by atoms with Gasteiger partial charge >= 0.3 is 0 Å². The Kier molecular flexibility index (Phi) is 17.6. The van der Waals surface area contributed by atoms with Gasteiger partial charge in [-0.15, -0.1) is 0 Å². The van der Waals surface area contributed by atoms with E-state index in [4.69, 9.17) is 4.98 Å². The maximum absolute atomic E-state index is 13.3. The van der Waals surface area contributed by atoms with Gasteiger partial charge in [0.25, 0.3) is 0 Å². The fraction of sp³-hybridized carbons (Fsp3) is 0.480. The van der Waals surface area contributed by atoms with Crippen LogP contribution < -0.4 is 21.3 Å². The number of aromatic nitrogens is 1. The van der Waals surface area contributed by atoms with Gasteiger partial charge < -0.3 is 21.3 Å². The summed E-state index contributed by atoms with van der Waals surface area (Å²) in [4.78, 5) is 27.8. The summed E-state index contributed by atoms with van der Waals surface area (Å²) in [5.41, 5.74) is 7.25. The molecule has 1 aliphatic rings. The number of hydrogen-bond donors (Lipinski definition) is 4. The quantitative estimate of drug-likeness (QED) is 0.136. The molecule has 4 rings (SSSR count). The maximum Gasteiger partial charge on any atom is 0.234 e. The van der Waals surface area contributed by atoms with Gasteiger partial charge in [-0.05, 0) is 104 Å². The van der Waals surface area contributed by atoms with Crippen LogP contribution in [0.5, 0.6) is 0 Å². The molecule has 324 valence electrons. The topological polar surface area (TPSA) is 91.0 Å². The molecule has 0 unspecified atom stereocenters. The number of carbonyl (C=O) groups is 1.